The van der Waals surface area contributed by atoms with Crippen LogP contribution in [0.2, 0.25) is 0 Å². The molecule has 1 aromatic rings. The number of aromatic amines is 1. The van der Waals surface area contributed by atoms with Gasteiger partial charge in [-0.2, -0.15) is 0 Å². The van der Waals surface area contributed by atoms with Crippen molar-refractivity contribution in [3.8, 4) is 0 Å². The Morgan fingerprint density at radius 1 is 1.54 bits per heavy atom. The highest BCUT2D eigenvalue weighted by Gasteiger charge is 2.18. The van der Waals surface area contributed by atoms with E-state index in [1.54, 1.807) is 12.4 Å². The van der Waals surface area contributed by atoms with Crippen molar-refractivity contribution in [1.82, 2.24) is 9.97 Å². The lowest BCUT2D eigenvalue weighted by molar-refractivity contribution is 0.233. The quantitative estimate of drug-likeness (QED) is 0.788. The van der Waals surface area contributed by atoms with Crippen LogP contribution in [-0.4, -0.2) is 21.2 Å². The Hall–Kier alpha value is -0.870. The summed E-state index contributed by atoms with van der Waals surface area (Å²) in [5.41, 5.74) is 0.841. The van der Waals surface area contributed by atoms with Crippen molar-refractivity contribution in [3.63, 3.8) is 0 Å². The van der Waals surface area contributed by atoms with Gasteiger partial charge in [-0.1, -0.05) is 28.1 Å². The van der Waals surface area contributed by atoms with Gasteiger partial charge in [-0.15, -0.1) is 0 Å². The topological polar surface area (TPSA) is 48.9 Å². The van der Waals surface area contributed by atoms with E-state index in [1.807, 2.05) is 12.2 Å². The molecule has 2 rings (SSSR count). The van der Waals surface area contributed by atoms with Gasteiger partial charge in [0.1, 0.15) is 5.82 Å². The fraction of sp³-hybridized carbons (Fsp3) is 0.222. The number of aliphatic hydroxyl groups excluding tert-OH is 1. The molecule has 1 aromatic heterocycles. The van der Waals surface area contributed by atoms with E-state index in [1.165, 1.54) is 0 Å². The van der Waals surface area contributed by atoms with Gasteiger partial charge < -0.3 is 10.1 Å². The average Bonchev–Trinajstić information content (AvgIpc) is 2.56. The van der Waals surface area contributed by atoms with Crippen molar-refractivity contribution >= 4 is 21.5 Å². The molecular weight excluding hydrogens is 232 g/mol. The molecule has 0 aliphatic heterocycles. The second kappa shape index (κ2) is 3.47. The highest BCUT2D eigenvalue weighted by atomic mass is 79.9. The summed E-state index contributed by atoms with van der Waals surface area (Å²) in [5, 5.41) is 9.71. The van der Waals surface area contributed by atoms with Gasteiger partial charge in [0.05, 0.1) is 6.10 Å². The fourth-order valence-corrected chi connectivity index (χ4v) is 1.75. The molecule has 0 aromatic carbocycles. The predicted octanol–water partition coefficient (Wildman–Crippen LogP) is 1.84. The van der Waals surface area contributed by atoms with Gasteiger partial charge in [0, 0.05) is 24.4 Å². The van der Waals surface area contributed by atoms with Gasteiger partial charge in [0.15, 0.2) is 0 Å². The monoisotopic (exact) mass is 240 g/mol. The molecule has 1 aliphatic carbocycles. The van der Waals surface area contributed by atoms with Crippen LogP contribution in [0.1, 0.15) is 12.2 Å². The molecule has 0 amide bonds. The van der Waals surface area contributed by atoms with Gasteiger partial charge in [0.2, 0.25) is 0 Å². The number of aliphatic hydroxyl groups is 1. The van der Waals surface area contributed by atoms with E-state index in [0.29, 0.717) is 6.42 Å². The Balaban J connectivity index is 2.34. The zero-order chi connectivity index (χ0) is 9.26. The number of hydrogen-bond donors (Lipinski definition) is 2. The van der Waals surface area contributed by atoms with Gasteiger partial charge >= 0.3 is 0 Å². The Morgan fingerprint density at radius 3 is 3.00 bits per heavy atom. The number of halogens is 1. The first-order valence-corrected chi connectivity index (χ1v) is 4.81. The van der Waals surface area contributed by atoms with Crippen molar-refractivity contribution in [2.45, 2.75) is 12.5 Å². The number of nitrogens with one attached hydrogen (secondary N) is 1. The lowest BCUT2D eigenvalue weighted by Gasteiger charge is -2.16. The van der Waals surface area contributed by atoms with Crippen molar-refractivity contribution in [2.75, 3.05) is 0 Å². The Labute approximate surface area is 84.3 Å². The molecule has 1 heterocycles. The summed E-state index contributed by atoms with van der Waals surface area (Å²) in [7, 11) is 0. The Bertz CT molecular complexity index is 354. The number of aromatic nitrogens is 2. The maximum Gasteiger partial charge on any atom is 0.135 e. The minimum atomic E-state index is -0.467. The Morgan fingerprint density at radius 2 is 2.38 bits per heavy atom. The van der Waals surface area contributed by atoms with E-state index < -0.39 is 6.10 Å². The summed E-state index contributed by atoms with van der Waals surface area (Å²) in [6.07, 6.45) is 7.38. The molecule has 0 bridgehead atoms. The predicted molar refractivity (Wildman–Crippen MR) is 54.2 cm³/mol. The molecular formula is C9H9BrN2O. The fourth-order valence-electron chi connectivity index (χ4n) is 1.31. The zero-order valence-corrected chi connectivity index (χ0v) is 8.45. The molecule has 1 aliphatic rings. The first-order chi connectivity index (χ1) is 6.27. The molecule has 0 spiro atoms. The van der Waals surface area contributed by atoms with E-state index in [4.69, 9.17) is 0 Å². The molecule has 0 saturated heterocycles. The van der Waals surface area contributed by atoms with Crippen LogP contribution in [0, 0.1) is 0 Å². The van der Waals surface area contributed by atoms with Crippen LogP contribution in [0.3, 0.4) is 0 Å². The third-order valence-electron chi connectivity index (χ3n) is 1.96. The van der Waals surface area contributed by atoms with Crippen LogP contribution in [0.5, 0.6) is 0 Å². The third-order valence-corrected chi connectivity index (χ3v) is 2.55. The van der Waals surface area contributed by atoms with E-state index in [0.717, 1.165) is 15.9 Å². The highest BCUT2D eigenvalue weighted by Crippen LogP contribution is 2.27. The number of hydrogen-bond acceptors (Lipinski definition) is 2. The highest BCUT2D eigenvalue weighted by molar-refractivity contribution is 9.11. The largest absolute Gasteiger partial charge is 0.388 e. The molecule has 0 fully saturated rings. The molecule has 3 nitrogen and oxygen atoms in total. The summed E-state index contributed by atoms with van der Waals surface area (Å²) in [4.78, 5) is 7.06. The minimum Gasteiger partial charge on any atom is -0.388 e. The van der Waals surface area contributed by atoms with Gasteiger partial charge in [0.25, 0.3) is 0 Å². The maximum absolute atomic E-state index is 9.71. The normalized spacial score (nSPS) is 22.5. The standard InChI is InChI=1S/C9H9BrN2O/c10-6-1-2-7(8(13)5-6)9-11-3-4-12-9/h1-4,8,13H,5H2,(H,11,12). The molecule has 13 heavy (non-hydrogen) atoms. The second-order valence-electron chi connectivity index (χ2n) is 2.89. The van der Waals surface area contributed by atoms with E-state index >= 15 is 0 Å². The average molecular weight is 241 g/mol. The molecule has 2 N–H and O–H groups in total. The summed E-state index contributed by atoms with van der Waals surface area (Å²) in [6.45, 7) is 0. The lowest BCUT2D eigenvalue weighted by atomic mass is 10.0. The summed E-state index contributed by atoms with van der Waals surface area (Å²) < 4.78 is 1.01. The SMILES string of the molecule is OC1CC(Br)=CC=C1c1ncc[nH]1. The van der Waals surface area contributed by atoms with Crippen molar-refractivity contribution in [2.24, 2.45) is 0 Å². The van der Waals surface area contributed by atoms with Crippen molar-refractivity contribution < 1.29 is 5.11 Å². The summed E-state index contributed by atoms with van der Waals surface area (Å²) in [5.74, 6) is 0.740. The third kappa shape index (κ3) is 1.73. The van der Waals surface area contributed by atoms with E-state index in [9.17, 15) is 5.11 Å². The second-order valence-corrected chi connectivity index (χ2v) is 3.91. The smallest absolute Gasteiger partial charge is 0.135 e. The van der Waals surface area contributed by atoms with Gasteiger partial charge in [-0.3, -0.25) is 0 Å². The summed E-state index contributed by atoms with van der Waals surface area (Å²) >= 11 is 3.35. The number of imidazole rings is 1. The zero-order valence-electron chi connectivity index (χ0n) is 6.87. The molecule has 0 saturated carbocycles. The lowest BCUT2D eigenvalue weighted by Crippen LogP contribution is -2.12. The van der Waals surface area contributed by atoms with Gasteiger partial charge in [-0.05, 0) is 4.48 Å². The number of nitrogens with zero attached hydrogens (tertiary/aromatic N) is 1. The molecule has 4 heteroatoms. The summed E-state index contributed by atoms with van der Waals surface area (Å²) in [6, 6.07) is 0. The maximum atomic E-state index is 9.71. The van der Waals surface area contributed by atoms with Crippen molar-refractivity contribution in [3.05, 3.63) is 34.9 Å². The van der Waals surface area contributed by atoms with E-state index in [2.05, 4.69) is 25.9 Å². The number of H-pyrrole nitrogens is 1. The first-order valence-electron chi connectivity index (χ1n) is 4.01. The minimum absolute atomic E-state index is 0.467. The number of rotatable bonds is 1. The molecule has 68 valence electrons. The molecule has 1 unspecified atom stereocenters. The first kappa shape index (κ1) is 8.72. The van der Waals surface area contributed by atoms with E-state index in [-0.39, 0.29) is 0 Å². The molecule has 0 radical (unpaired) electrons. The molecule has 1 atom stereocenters. The van der Waals surface area contributed by atoms with Crippen LogP contribution in [0.25, 0.3) is 5.57 Å². The van der Waals surface area contributed by atoms with Crippen molar-refractivity contribution in [1.29, 1.82) is 0 Å². The van der Waals surface area contributed by atoms with Crippen LogP contribution >= 0.6 is 15.9 Å². The van der Waals surface area contributed by atoms with Gasteiger partial charge in [-0.25, -0.2) is 4.98 Å². The Kier molecular flexibility index (Phi) is 2.33. The van der Waals surface area contributed by atoms with Crippen LogP contribution in [0.4, 0.5) is 0 Å². The van der Waals surface area contributed by atoms with Crippen LogP contribution < -0.4 is 0 Å². The van der Waals surface area contributed by atoms with Crippen LogP contribution in [0.15, 0.2) is 29.0 Å². The number of allylic oxidation sites excluding steroid dienone is 2. The van der Waals surface area contributed by atoms with Crippen LogP contribution in [-0.2, 0) is 0 Å².